The molecule has 26 heavy (non-hydrogen) atoms. The van der Waals surface area contributed by atoms with Crippen molar-refractivity contribution in [2.24, 2.45) is 0 Å². The highest BCUT2D eigenvalue weighted by Crippen LogP contribution is 2.29. The van der Waals surface area contributed by atoms with E-state index in [0.717, 1.165) is 42.7 Å². The Morgan fingerprint density at radius 3 is 2.42 bits per heavy atom. The van der Waals surface area contributed by atoms with Gasteiger partial charge in [0.15, 0.2) is 0 Å². The Bertz CT molecular complexity index is 904. The molecule has 1 aliphatic heterocycles. The summed E-state index contributed by atoms with van der Waals surface area (Å²) in [4.78, 5) is 12.9. The van der Waals surface area contributed by atoms with Crippen LogP contribution in [0.5, 0.6) is 0 Å². The number of aryl methyl sites for hydroxylation is 1. The van der Waals surface area contributed by atoms with Gasteiger partial charge in [-0.05, 0) is 54.2 Å². The van der Waals surface area contributed by atoms with Crippen LogP contribution in [0.4, 0.5) is 11.4 Å². The number of para-hydroxylation sites is 1. The molecule has 3 aromatic carbocycles. The minimum Gasteiger partial charge on any atom is -0.384 e. The highest BCUT2D eigenvalue weighted by Gasteiger charge is 2.19. The molecule has 0 fully saturated rings. The number of amides is 1. The van der Waals surface area contributed by atoms with Crippen molar-refractivity contribution in [1.82, 2.24) is 0 Å². The van der Waals surface area contributed by atoms with Gasteiger partial charge in [0.2, 0.25) is 0 Å². The summed E-state index contributed by atoms with van der Waals surface area (Å²) in [5.41, 5.74) is 6.21. The van der Waals surface area contributed by atoms with Crippen LogP contribution in [-0.4, -0.2) is 12.5 Å². The van der Waals surface area contributed by atoms with Gasteiger partial charge in [-0.15, -0.1) is 0 Å². The molecule has 0 spiro atoms. The van der Waals surface area contributed by atoms with Gasteiger partial charge in [-0.1, -0.05) is 54.6 Å². The number of fused-ring (bicyclic) bond motifs is 1. The summed E-state index contributed by atoms with van der Waals surface area (Å²) < 4.78 is 0. The standard InChI is InChI=1S/C23H22N2O/c26-23(25-20-11-5-2-6-12-20)21-16-18(14-17-8-3-1-4-9-17)15-19-10-7-13-24-22(19)21/h1-6,8-9,11-12,15-16,24H,7,10,13-14H2,(H,25,26). The molecule has 1 heterocycles. The fourth-order valence-electron chi connectivity index (χ4n) is 3.50. The van der Waals surface area contributed by atoms with E-state index in [9.17, 15) is 4.79 Å². The summed E-state index contributed by atoms with van der Waals surface area (Å²) in [5, 5.41) is 6.45. The van der Waals surface area contributed by atoms with Crippen LogP contribution in [-0.2, 0) is 12.8 Å². The highest BCUT2D eigenvalue weighted by molar-refractivity contribution is 6.08. The van der Waals surface area contributed by atoms with Crippen molar-refractivity contribution in [2.45, 2.75) is 19.3 Å². The predicted molar refractivity (Wildman–Crippen MR) is 107 cm³/mol. The van der Waals surface area contributed by atoms with E-state index in [1.165, 1.54) is 16.7 Å². The molecule has 0 saturated carbocycles. The Hall–Kier alpha value is -3.07. The Kier molecular flexibility index (Phi) is 4.69. The number of hydrogen-bond donors (Lipinski definition) is 2. The van der Waals surface area contributed by atoms with Gasteiger partial charge in [-0.2, -0.15) is 0 Å². The SMILES string of the molecule is O=C(Nc1ccccc1)c1cc(Cc2ccccc2)cc2c1NCCC2. The smallest absolute Gasteiger partial charge is 0.257 e. The van der Waals surface area contributed by atoms with Crippen LogP contribution in [0.1, 0.15) is 33.5 Å². The van der Waals surface area contributed by atoms with Crippen molar-refractivity contribution in [1.29, 1.82) is 0 Å². The second-order valence-electron chi connectivity index (χ2n) is 6.69. The van der Waals surface area contributed by atoms with Crippen LogP contribution in [0.2, 0.25) is 0 Å². The van der Waals surface area contributed by atoms with Gasteiger partial charge in [0.25, 0.3) is 5.91 Å². The zero-order valence-corrected chi connectivity index (χ0v) is 14.7. The maximum absolute atomic E-state index is 12.9. The predicted octanol–water partition coefficient (Wildman–Crippen LogP) is 4.89. The van der Waals surface area contributed by atoms with Crippen molar-refractivity contribution in [3.8, 4) is 0 Å². The second kappa shape index (κ2) is 7.44. The summed E-state index contributed by atoms with van der Waals surface area (Å²) in [6.07, 6.45) is 2.94. The molecule has 0 aliphatic carbocycles. The van der Waals surface area contributed by atoms with E-state index in [4.69, 9.17) is 0 Å². The van der Waals surface area contributed by atoms with E-state index < -0.39 is 0 Å². The lowest BCUT2D eigenvalue weighted by atomic mass is 9.93. The molecule has 3 heteroatoms. The van der Waals surface area contributed by atoms with Gasteiger partial charge >= 0.3 is 0 Å². The molecule has 0 atom stereocenters. The molecule has 0 saturated heterocycles. The molecule has 0 bridgehead atoms. The first-order valence-corrected chi connectivity index (χ1v) is 9.09. The maximum atomic E-state index is 12.9. The number of carbonyl (C=O) groups is 1. The molecule has 0 aromatic heterocycles. The average molecular weight is 342 g/mol. The van der Waals surface area contributed by atoms with Crippen molar-refractivity contribution in [3.05, 3.63) is 95.1 Å². The first-order chi connectivity index (χ1) is 12.8. The molecular weight excluding hydrogens is 320 g/mol. The third-order valence-corrected chi connectivity index (χ3v) is 4.73. The highest BCUT2D eigenvalue weighted by atomic mass is 16.1. The third-order valence-electron chi connectivity index (χ3n) is 4.73. The molecule has 1 aliphatic rings. The van der Waals surface area contributed by atoms with Crippen molar-refractivity contribution in [2.75, 3.05) is 17.2 Å². The first-order valence-electron chi connectivity index (χ1n) is 9.09. The van der Waals surface area contributed by atoms with Crippen LogP contribution < -0.4 is 10.6 Å². The van der Waals surface area contributed by atoms with E-state index in [2.05, 4.69) is 41.0 Å². The largest absolute Gasteiger partial charge is 0.384 e. The van der Waals surface area contributed by atoms with E-state index in [-0.39, 0.29) is 5.91 Å². The average Bonchev–Trinajstić information content (AvgIpc) is 2.69. The summed E-state index contributed by atoms with van der Waals surface area (Å²) in [6.45, 7) is 0.913. The normalized spacial score (nSPS) is 12.8. The minimum absolute atomic E-state index is 0.0586. The fourth-order valence-corrected chi connectivity index (χ4v) is 3.50. The Labute approximate surface area is 154 Å². The van der Waals surface area contributed by atoms with E-state index >= 15 is 0 Å². The summed E-state index contributed by atoms with van der Waals surface area (Å²) in [6, 6.07) is 24.3. The molecule has 0 radical (unpaired) electrons. The number of anilines is 2. The van der Waals surface area contributed by atoms with Crippen LogP contribution in [0.25, 0.3) is 0 Å². The summed E-state index contributed by atoms with van der Waals surface area (Å²) in [5.74, 6) is -0.0586. The number of benzene rings is 3. The number of hydrogen-bond acceptors (Lipinski definition) is 2. The molecular formula is C23H22N2O. The monoisotopic (exact) mass is 342 g/mol. The van der Waals surface area contributed by atoms with E-state index in [0.29, 0.717) is 0 Å². The van der Waals surface area contributed by atoms with Crippen LogP contribution in [0, 0.1) is 0 Å². The maximum Gasteiger partial charge on any atom is 0.257 e. The molecule has 0 unspecified atom stereocenters. The zero-order chi connectivity index (χ0) is 17.8. The van der Waals surface area contributed by atoms with E-state index in [1.54, 1.807) is 0 Å². The number of rotatable bonds is 4. The lowest BCUT2D eigenvalue weighted by Crippen LogP contribution is -2.20. The molecule has 2 N–H and O–H groups in total. The van der Waals surface area contributed by atoms with Gasteiger partial charge in [-0.3, -0.25) is 4.79 Å². The Balaban J connectivity index is 1.67. The lowest BCUT2D eigenvalue weighted by Gasteiger charge is -2.22. The van der Waals surface area contributed by atoms with E-state index in [1.807, 2.05) is 42.5 Å². The fraction of sp³-hybridized carbons (Fsp3) is 0.174. The van der Waals surface area contributed by atoms with Crippen molar-refractivity contribution < 1.29 is 4.79 Å². The molecule has 130 valence electrons. The molecule has 1 amide bonds. The summed E-state index contributed by atoms with van der Waals surface area (Å²) >= 11 is 0. The van der Waals surface area contributed by atoms with Crippen molar-refractivity contribution in [3.63, 3.8) is 0 Å². The van der Waals surface area contributed by atoms with Crippen LogP contribution >= 0.6 is 0 Å². The van der Waals surface area contributed by atoms with Crippen LogP contribution in [0.3, 0.4) is 0 Å². The molecule has 3 aromatic rings. The van der Waals surface area contributed by atoms with Crippen LogP contribution in [0.15, 0.2) is 72.8 Å². The quantitative estimate of drug-likeness (QED) is 0.709. The minimum atomic E-state index is -0.0586. The van der Waals surface area contributed by atoms with Gasteiger partial charge in [0.1, 0.15) is 0 Å². The topological polar surface area (TPSA) is 41.1 Å². The summed E-state index contributed by atoms with van der Waals surface area (Å²) in [7, 11) is 0. The Morgan fingerprint density at radius 1 is 0.923 bits per heavy atom. The molecule has 4 rings (SSSR count). The lowest BCUT2D eigenvalue weighted by molar-refractivity contribution is 0.102. The number of nitrogens with one attached hydrogen (secondary N) is 2. The molecule has 3 nitrogen and oxygen atoms in total. The first kappa shape index (κ1) is 16.4. The van der Waals surface area contributed by atoms with Gasteiger partial charge in [-0.25, -0.2) is 0 Å². The third kappa shape index (κ3) is 3.62. The van der Waals surface area contributed by atoms with Gasteiger partial charge < -0.3 is 10.6 Å². The zero-order valence-electron chi connectivity index (χ0n) is 14.7. The van der Waals surface area contributed by atoms with Crippen molar-refractivity contribution >= 4 is 17.3 Å². The van der Waals surface area contributed by atoms with Gasteiger partial charge in [0.05, 0.1) is 11.3 Å². The second-order valence-corrected chi connectivity index (χ2v) is 6.69. The Morgan fingerprint density at radius 2 is 1.65 bits per heavy atom. The van der Waals surface area contributed by atoms with Gasteiger partial charge in [0, 0.05) is 12.2 Å². The number of carbonyl (C=O) groups excluding carboxylic acids is 1.